The van der Waals surface area contributed by atoms with Crippen LogP contribution >= 0.6 is 15.9 Å². The Labute approximate surface area is 113 Å². The van der Waals surface area contributed by atoms with E-state index in [1.165, 1.54) is 6.26 Å². The maximum Gasteiger partial charge on any atom is 0.274 e. The molecule has 92 valence electrons. The first kappa shape index (κ1) is 12.6. The molecule has 5 heteroatoms. The zero-order valence-electron chi connectivity index (χ0n) is 9.68. The standard InChI is InChI=1S/C13H11BrN2O2/c1-9-12(5-6-18-9)13(17)16-15-8-10-3-2-4-11(14)7-10/h2-8H,1H3,(H,16,17)/b15-8+. The largest absolute Gasteiger partial charge is 0.469 e. The SMILES string of the molecule is Cc1occc1C(=O)N/N=C/c1cccc(Br)c1. The van der Waals surface area contributed by atoms with Gasteiger partial charge in [0.2, 0.25) is 0 Å². The Kier molecular flexibility index (Phi) is 3.94. The number of hydrogen-bond acceptors (Lipinski definition) is 3. The van der Waals surface area contributed by atoms with Crippen molar-refractivity contribution >= 4 is 28.1 Å². The van der Waals surface area contributed by atoms with Gasteiger partial charge in [-0.15, -0.1) is 0 Å². The molecule has 1 aromatic heterocycles. The number of hydrogen-bond donors (Lipinski definition) is 1. The van der Waals surface area contributed by atoms with E-state index in [0.29, 0.717) is 11.3 Å². The van der Waals surface area contributed by atoms with Crippen molar-refractivity contribution in [3.8, 4) is 0 Å². The van der Waals surface area contributed by atoms with Gasteiger partial charge in [0, 0.05) is 4.47 Å². The van der Waals surface area contributed by atoms with Crippen LogP contribution in [0.3, 0.4) is 0 Å². The van der Waals surface area contributed by atoms with E-state index < -0.39 is 0 Å². The number of nitrogens with one attached hydrogen (secondary N) is 1. The summed E-state index contributed by atoms with van der Waals surface area (Å²) in [7, 11) is 0. The van der Waals surface area contributed by atoms with Gasteiger partial charge in [-0.2, -0.15) is 5.10 Å². The highest BCUT2D eigenvalue weighted by atomic mass is 79.9. The van der Waals surface area contributed by atoms with Crippen LogP contribution in [0.15, 0.2) is 50.6 Å². The van der Waals surface area contributed by atoms with E-state index >= 15 is 0 Å². The number of hydrazone groups is 1. The molecule has 0 aliphatic heterocycles. The average molecular weight is 307 g/mol. The molecule has 1 amide bonds. The first-order chi connectivity index (χ1) is 8.66. The van der Waals surface area contributed by atoms with Crippen LogP contribution in [0.1, 0.15) is 21.7 Å². The lowest BCUT2D eigenvalue weighted by Crippen LogP contribution is -2.17. The summed E-state index contributed by atoms with van der Waals surface area (Å²) in [6.07, 6.45) is 3.06. The molecule has 0 aliphatic rings. The van der Waals surface area contributed by atoms with E-state index in [-0.39, 0.29) is 5.91 Å². The molecule has 1 N–H and O–H groups in total. The smallest absolute Gasteiger partial charge is 0.274 e. The number of amides is 1. The number of carbonyl (C=O) groups is 1. The molecule has 1 heterocycles. The van der Waals surface area contributed by atoms with Gasteiger partial charge >= 0.3 is 0 Å². The van der Waals surface area contributed by atoms with Crippen molar-refractivity contribution in [1.29, 1.82) is 0 Å². The lowest BCUT2D eigenvalue weighted by atomic mass is 10.2. The molecule has 0 saturated heterocycles. The van der Waals surface area contributed by atoms with Gasteiger partial charge in [-0.3, -0.25) is 4.79 Å². The van der Waals surface area contributed by atoms with E-state index in [1.807, 2.05) is 24.3 Å². The zero-order chi connectivity index (χ0) is 13.0. The molecule has 0 bridgehead atoms. The molecule has 0 atom stereocenters. The molecule has 4 nitrogen and oxygen atoms in total. The van der Waals surface area contributed by atoms with Gasteiger partial charge in [-0.05, 0) is 30.7 Å². The fourth-order valence-corrected chi connectivity index (χ4v) is 1.85. The minimum atomic E-state index is -0.285. The minimum absolute atomic E-state index is 0.285. The summed E-state index contributed by atoms with van der Waals surface area (Å²) in [5.74, 6) is 0.289. The summed E-state index contributed by atoms with van der Waals surface area (Å²) < 4.78 is 6.01. The number of carbonyl (C=O) groups excluding carboxylic acids is 1. The Bertz CT molecular complexity index is 590. The summed E-state index contributed by atoms with van der Waals surface area (Å²) in [6, 6.07) is 9.22. The van der Waals surface area contributed by atoms with Gasteiger partial charge < -0.3 is 4.42 Å². The summed E-state index contributed by atoms with van der Waals surface area (Å²) in [4.78, 5) is 11.7. The third-order valence-corrected chi connectivity index (χ3v) is 2.83. The van der Waals surface area contributed by atoms with Crippen LogP contribution in [0.4, 0.5) is 0 Å². The molecule has 18 heavy (non-hydrogen) atoms. The average Bonchev–Trinajstić information content (AvgIpc) is 2.75. The molecule has 0 unspecified atom stereocenters. The van der Waals surface area contributed by atoms with Crippen LogP contribution in [-0.4, -0.2) is 12.1 Å². The second kappa shape index (κ2) is 5.64. The summed E-state index contributed by atoms with van der Waals surface area (Å²) in [5.41, 5.74) is 3.83. The molecular formula is C13H11BrN2O2. The van der Waals surface area contributed by atoms with Crippen molar-refractivity contribution in [3.05, 3.63) is 58.0 Å². The quantitative estimate of drug-likeness (QED) is 0.699. The summed E-state index contributed by atoms with van der Waals surface area (Å²) in [5, 5.41) is 3.89. The normalized spacial score (nSPS) is 10.8. The third kappa shape index (κ3) is 3.07. The van der Waals surface area contributed by atoms with Gasteiger partial charge in [-0.1, -0.05) is 28.1 Å². The number of aryl methyl sites for hydroxylation is 1. The highest BCUT2D eigenvalue weighted by Gasteiger charge is 2.09. The minimum Gasteiger partial charge on any atom is -0.469 e. The first-order valence-corrected chi connectivity index (χ1v) is 6.09. The van der Waals surface area contributed by atoms with E-state index in [9.17, 15) is 4.79 Å². The monoisotopic (exact) mass is 306 g/mol. The maximum atomic E-state index is 11.7. The van der Waals surface area contributed by atoms with Crippen LogP contribution in [0.25, 0.3) is 0 Å². The van der Waals surface area contributed by atoms with E-state index in [2.05, 4.69) is 26.5 Å². The second-order valence-corrected chi connectivity index (χ2v) is 4.56. The zero-order valence-corrected chi connectivity index (χ0v) is 11.3. The van der Waals surface area contributed by atoms with Gasteiger partial charge in [-0.25, -0.2) is 5.43 Å². The van der Waals surface area contributed by atoms with Gasteiger partial charge in [0.25, 0.3) is 5.91 Å². The number of halogens is 1. The predicted octanol–water partition coefficient (Wildman–Crippen LogP) is 3.11. The van der Waals surface area contributed by atoms with Crippen molar-refractivity contribution < 1.29 is 9.21 Å². The third-order valence-electron chi connectivity index (χ3n) is 2.33. The number of furan rings is 1. The van der Waals surface area contributed by atoms with Crippen molar-refractivity contribution in [3.63, 3.8) is 0 Å². The van der Waals surface area contributed by atoms with Gasteiger partial charge in [0.1, 0.15) is 5.76 Å². The molecule has 0 spiro atoms. The predicted molar refractivity (Wildman–Crippen MR) is 72.6 cm³/mol. The highest BCUT2D eigenvalue weighted by molar-refractivity contribution is 9.10. The van der Waals surface area contributed by atoms with Crippen LogP contribution < -0.4 is 5.43 Å². The lowest BCUT2D eigenvalue weighted by Gasteiger charge is -1.97. The van der Waals surface area contributed by atoms with E-state index in [1.54, 1.807) is 19.2 Å². The molecule has 2 rings (SSSR count). The first-order valence-electron chi connectivity index (χ1n) is 5.30. The fourth-order valence-electron chi connectivity index (χ4n) is 1.43. The Morgan fingerprint density at radius 3 is 2.94 bits per heavy atom. The highest BCUT2D eigenvalue weighted by Crippen LogP contribution is 2.10. The number of rotatable bonds is 3. The van der Waals surface area contributed by atoms with Gasteiger partial charge in [0.05, 0.1) is 18.0 Å². The molecule has 1 aromatic carbocycles. The molecule has 2 aromatic rings. The van der Waals surface area contributed by atoms with Crippen molar-refractivity contribution in [1.82, 2.24) is 5.43 Å². The maximum absolute atomic E-state index is 11.7. The molecule has 0 fully saturated rings. The Balaban J connectivity index is 2.00. The second-order valence-electron chi connectivity index (χ2n) is 3.64. The van der Waals surface area contributed by atoms with Crippen molar-refractivity contribution in [2.75, 3.05) is 0 Å². The van der Waals surface area contributed by atoms with Crippen molar-refractivity contribution in [2.45, 2.75) is 6.92 Å². The molecule has 0 saturated carbocycles. The summed E-state index contributed by atoms with van der Waals surface area (Å²) >= 11 is 3.36. The molecule has 0 aliphatic carbocycles. The molecular weight excluding hydrogens is 296 g/mol. The van der Waals surface area contributed by atoms with E-state index in [0.717, 1.165) is 10.0 Å². The Morgan fingerprint density at radius 1 is 1.44 bits per heavy atom. The molecule has 0 radical (unpaired) electrons. The summed E-state index contributed by atoms with van der Waals surface area (Å²) in [6.45, 7) is 1.73. The van der Waals surface area contributed by atoms with Crippen LogP contribution in [-0.2, 0) is 0 Å². The number of nitrogens with zero attached hydrogens (tertiary/aromatic N) is 1. The Hall–Kier alpha value is -1.88. The van der Waals surface area contributed by atoms with Crippen LogP contribution in [0.2, 0.25) is 0 Å². The van der Waals surface area contributed by atoms with Crippen molar-refractivity contribution in [2.24, 2.45) is 5.10 Å². The van der Waals surface area contributed by atoms with Gasteiger partial charge in [0.15, 0.2) is 0 Å². The van der Waals surface area contributed by atoms with Crippen LogP contribution in [0.5, 0.6) is 0 Å². The fraction of sp³-hybridized carbons (Fsp3) is 0.0769. The number of benzene rings is 1. The Morgan fingerprint density at radius 2 is 2.28 bits per heavy atom. The lowest BCUT2D eigenvalue weighted by molar-refractivity contribution is 0.0953. The van der Waals surface area contributed by atoms with Crippen LogP contribution in [0, 0.1) is 6.92 Å². The van der Waals surface area contributed by atoms with E-state index in [4.69, 9.17) is 4.42 Å². The topological polar surface area (TPSA) is 54.6 Å².